The van der Waals surface area contributed by atoms with Crippen LogP contribution in [0.25, 0.3) is 0 Å². The number of rotatable bonds is 5. The van der Waals surface area contributed by atoms with Gasteiger partial charge >= 0.3 is 5.97 Å². The molecule has 0 aliphatic heterocycles. The average molecular weight is 489 g/mol. The van der Waals surface area contributed by atoms with Crippen molar-refractivity contribution >= 4 is 87.2 Å². The van der Waals surface area contributed by atoms with E-state index >= 15 is 0 Å². The Morgan fingerprint density at radius 1 is 1.00 bits per heavy atom. The first kappa shape index (κ1) is 21.0. The summed E-state index contributed by atoms with van der Waals surface area (Å²) in [6.45, 7) is 0.364. The maximum Gasteiger partial charge on any atom is 0.308 e. The standard InChI is InChI=1S/C16H17Cl7O2/c17-5-1-2-6-25-13(24)8-3-4-9-10(7-8)15(21)12(19)11(18)14(9,20)16(15,22)23/h8-10H,1-7H2/t8-,9+,10-,14+,15+/m1/s1. The van der Waals surface area contributed by atoms with Crippen LogP contribution in [0, 0.1) is 17.8 Å². The lowest BCUT2D eigenvalue weighted by atomic mass is 9.69. The van der Waals surface area contributed by atoms with Crippen LogP contribution in [-0.4, -0.2) is 32.5 Å². The van der Waals surface area contributed by atoms with Gasteiger partial charge in [0.05, 0.1) is 22.6 Å². The largest absolute Gasteiger partial charge is 0.465 e. The Labute approximate surface area is 182 Å². The minimum absolute atomic E-state index is 0.142. The molecule has 3 aliphatic carbocycles. The highest BCUT2D eigenvalue weighted by Gasteiger charge is 2.82. The van der Waals surface area contributed by atoms with Gasteiger partial charge in [0.2, 0.25) is 0 Å². The molecule has 0 aromatic heterocycles. The number of halogens is 7. The van der Waals surface area contributed by atoms with Crippen LogP contribution in [0.4, 0.5) is 0 Å². The van der Waals surface area contributed by atoms with Gasteiger partial charge in [-0.15, -0.1) is 34.8 Å². The van der Waals surface area contributed by atoms with E-state index in [9.17, 15) is 4.79 Å². The number of fused-ring (bicyclic) bond motifs is 5. The molecule has 2 saturated carbocycles. The minimum Gasteiger partial charge on any atom is -0.465 e. The Morgan fingerprint density at radius 2 is 1.60 bits per heavy atom. The van der Waals surface area contributed by atoms with Gasteiger partial charge < -0.3 is 4.74 Å². The van der Waals surface area contributed by atoms with Gasteiger partial charge in [0.1, 0.15) is 9.75 Å². The van der Waals surface area contributed by atoms with Crippen molar-refractivity contribution < 1.29 is 9.53 Å². The molecule has 9 heteroatoms. The van der Waals surface area contributed by atoms with E-state index in [0.717, 1.165) is 12.8 Å². The molecule has 0 unspecified atom stereocenters. The van der Waals surface area contributed by atoms with Gasteiger partial charge in [-0.1, -0.05) is 46.4 Å². The van der Waals surface area contributed by atoms with Crippen molar-refractivity contribution in [2.24, 2.45) is 17.8 Å². The second-order valence-corrected chi connectivity index (χ2v) is 10.6. The summed E-state index contributed by atoms with van der Waals surface area (Å²) in [6, 6.07) is 0. The lowest BCUT2D eigenvalue weighted by Gasteiger charge is -2.42. The van der Waals surface area contributed by atoms with Crippen LogP contribution in [0.5, 0.6) is 0 Å². The predicted octanol–water partition coefficient (Wildman–Crippen LogP) is 6.43. The summed E-state index contributed by atoms with van der Waals surface area (Å²) in [5.74, 6) is -0.348. The second-order valence-electron chi connectivity index (χ2n) is 6.91. The number of hydrogen-bond acceptors (Lipinski definition) is 2. The maximum absolute atomic E-state index is 12.4. The number of hydrogen-bond donors (Lipinski definition) is 0. The molecule has 5 atom stereocenters. The van der Waals surface area contributed by atoms with Gasteiger partial charge in [-0.3, -0.25) is 4.79 Å². The fourth-order valence-electron chi connectivity index (χ4n) is 4.44. The number of carbonyl (C=O) groups is 1. The number of esters is 1. The third kappa shape index (κ3) is 2.76. The van der Waals surface area contributed by atoms with Crippen LogP contribution >= 0.6 is 81.2 Å². The van der Waals surface area contributed by atoms with Gasteiger partial charge in [-0.05, 0) is 43.9 Å². The smallest absolute Gasteiger partial charge is 0.308 e. The molecular formula is C16H17Cl7O2. The van der Waals surface area contributed by atoms with E-state index in [1.54, 1.807) is 0 Å². The Bertz CT molecular complexity index is 607. The van der Waals surface area contributed by atoms with E-state index in [1.807, 2.05) is 0 Å². The summed E-state index contributed by atoms with van der Waals surface area (Å²) in [6.07, 6.45) is 3.28. The number of carbonyl (C=O) groups excluding carboxylic acids is 1. The molecular weight excluding hydrogens is 472 g/mol. The van der Waals surface area contributed by atoms with E-state index in [1.165, 1.54) is 0 Å². The lowest BCUT2D eigenvalue weighted by molar-refractivity contribution is -0.150. The molecule has 0 radical (unpaired) electrons. The Balaban J connectivity index is 1.78. The van der Waals surface area contributed by atoms with Crippen molar-refractivity contribution in [1.29, 1.82) is 0 Å². The van der Waals surface area contributed by atoms with Gasteiger partial charge in [0.15, 0.2) is 4.33 Å². The zero-order valence-corrected chi connectivity index (χ0v) is 18.4. The molecule has 2 fully saturated rings. The third-order valence-electron chi connectivity index (χ3n) is 5.72. The Kier molecular flexibility index (Phi) is 6.08. The normalized spacial score (nSPS) is 41.8. The van der Waals surface area contributed by atoms with E-state index in [4.69, 9.17) is 85.9 Å². The zero-order valence-electron chi connectivity index (χ0n) is 13.1. The van der Waals surface area contributed by atoms with E-state index in [-0.39, 0.29) is 33.8 Å². The lowest BCUT2D eigenvalue weighted by Crippen LogP contribution is -2.44. The summed E-state index contributed by atoms with van der Waals surface area (Å²) >= 11 is 45.1. The number of alkyl halides is 5. The topological polar surface area (TPSA) is 26.3 Å². The van der Waals surface area contributed by atoms with Crippen LogP contribution < -0.4 is 0 Å². The van der Waals surface area contributed by atoms with Crippen LogP contribution in [0.3, 0.4) is 0 Å². The molecule has 3 rings (SSSR count). The van der Waals surface area contributed by atoms with Crippen LogP contribution in [0.2, 0.25) is 0 Å². The van der Waals surface area contributed by atoms with Crippen molar-refractivity contribution in [3.63, 3.8) is 0 Å². The molecule has 0 spiro atoms. The highest BCUT2D eigenvalue weighted by Crippen LogP contribution is 2.78. The first-order valence-corrected chi connectivity index (χ1v) is 11.0. The Morgan fingerprint density at radius 3 is 2.20 bits per heavy atom. The fraction of sp³-hybridized carbons (Fsp3) is 0.812. The van der Waals surface area contributed by atoms with Gasteiger partial charge in [0, 0.05) is 5.88 Å². The molecule has 0 N–H and O–H groups in total. The van der Waals surface area contributed by atoms with E-state index in [0.29, 0.717) is 31.7 Å². The molecule has 0 aromatic carbocycles. The van der Waals surface area contributed by atoms with Crippen LogP contribution in [0.1, 0.15) is 32.1 Å². The fourth-order valence-corrected chi connectivity index (χ4v) is 7.76. The monoisotopic (exact) mass is 486 g/mol. The molecule has 2 nitrogen and oxygen atoms in total. The van der Waals surface area contributed by atoms with E-state index in [2.05, 4.69) is 0 Å². The SMILES string of the molecule is O=C(OCCCCCl)[C@@H]1CC[C@H]2[C@@H](C1)[C@]1(Cl)C(Cl)=C(Cl)[C@]2(Cl)C1(Cl)Cl. The molecule has 0 heterocycles. The minimum atomic E-state index is -1.54. The van der Waals surface area contributed by atoms with Gasteiger partial charge in [0.25, 0.3) is 0 Å². The first-order valence-electron chi connectivity index (χ1n) is 8.18. The van der Waals surface area contributed by atoms with E-state index < -0.39 is 14.1 Å². The maximum atomic E-state index is 12.4. The highest BCUT2D eigenvalue weighted by atomic mass is 35.5. The van der Waals surface area contributed by atoms with Crippen molar-refractivity contribution in [3.8, 4) is 0 Å². The average Bonchev–Trinajstić information content (AvgIpc) is 2.79. The summed E-state index contributed by atoms with van der Waals surface area (Å²) < 4.78 is 3.82. The zero-order chi connectivity index (χ0) is 18.6. The summed E-state index contributed by atoms with van der Waals surface area (Å²) in [4.78, 5) is 9.86. The number of ether oxygens (including phenoxy) is 1. The molecule has 0 saturated heterocycles. The first-order chi connectivity index (χ1) is 11.6. The van der Waals surface area contributed by atoms with Crippen molar-refractivity contribution in [2.75, 3.05) is 12.5 Å². The van der Waals surface area contributed by atoms with Gasteiger partial charge in [-0.2, -0.15) is 0 Å². The summed E-state index contributed by atoms with van der Waals surface area (Å²) in [7, 11) is 0. The summed E-state index contributed by atoms with van der Waals surface area (Å²) in [5, 5.41) is 0.410. The number of unbranched alkanes of at least 4 members (excludes halogenated alkanes) is 1. The molecule has 3 aliphatic rings. The van der Waals surface area contributed by atoms with Crippen molar-refractivity contribution in [1.82, 2.24) is 0 Å². The molecule has 0 aromatic rings. The predicted molar refractivity (Wildman–Crippen MR) is 106 cm³/mol. The molecule has 25 heavy (non-hydrogen) atoms. The second kappa shape index (κ2) is 7.25. The van der Waals surface area contributed by atoms with Crippen LogP contribution in [-0.2, 0) is 9.53 Å². The number of allylic oxidation sites excluding steroid dienone is 2. The Hall–Kier alpha value is 1.24. The third-order valence-corrected chi connectivity index (χ3v) is 10.3. The quantitative estimate of drug-likeness (QED) is 0.253. The molecule has 2 bridgehead atoms. The molecule has 0 amide bonds. The van der Waals surface area contributed by atoms with Gasteiger partial charge in [-0.25, -0.2) is 0 Å². The molecule has 142 valence electrons. The summed E-state index contributed by atoms with van der Waals surface area (Å²) in [5.41, 5.74) is 0. The van der Waals surface area contributed by atoms with Crippen LogP contribution in [0.15, 0.2) is 10.1 Å². The van der Waals surface area contributed by atoms with Crippen molar-refractivity contribution in [2.45, 2.75) is 46.2 Å². The highest BCUT2D eigenvalue weighted by molar-refractivity contribution is 6.65. The van der Waals surface area contributed by atoms with Crippen molar-refractivity contribution in [3.05, 3.63) is 10.1 Å².